The number of hydrogen-bond acceptors (Lipinski definition) is 1. The van der Waals surface area contributed by atoms with Crippen LogP contribution in [-0.4, -0.2) is 6.10 Å². The lowest BCUT2D eigenvalue weighted by Crippen LogP contribution is -1.94. The molecule has 0 spiro atoms. The second-order valence-electron chi connectivity index (χ2n) is 4.97. The Morgan fingerprint density at radius 1 is 1.21 bits per heavy atom. The molecule has 0 bridgehead atoms. The molecule has 1 fully saturated rings. The molecule has 0 aliphatic heterocycles. The summed E-state index contributed by atoms with van der Waals surface area (Å²) in [4.78, 5) is 0. The molecule has 1 atom stereocenters. The van der Waals surface area contributed by atoms with Crippen molar-refractivity contribution < 1.29 is 4.74 Å². The highest BCUT2D eigenvalue weighted by atomic mass is 16.5. The van der Waals surface area contributed by atoms with Crippen molar-refractivity contribution in [1.82, 2.24) is 0 Å². The van der Waals surface area contributed by atoms with Crippen molar-refractivity contribution in [2.24, 2.45) is 11.8 Å². The van der Waals surface area contributed by atoms with Gasteiger partial charge >= 0.3 is 0 Å². The molecular weight excluding hydrogens is 172 g/mol. The Morgan fingerprint density at radius 3 is 2.50 bits per heavy atom. The van der Waals surface area contributed by atoms with Gasteiger partial charge in [-0.1, -0.05) is 33.6 Å². The van der Waals surface area contributed by atoms with Gasteiger partial charge in [0.25, 0.3) is 0 Å². The summed E-state index contributed by atoms with van der Waals surface area (Å²) in [6, 6.07) is 0. The van der Waals surface area contributed by atoms with Gasteiger partial charge in [0, 0.05) is 0 Å². The third-order valence-corrected chi connectivity index (χ3v) is 2.64. The molecule has 1 nitrogen and oxygen atoms in total. The normalized spacial score (nSPS) is 19.1. The Balaban J connectivity index is 1.96. The molecule has 0 aromatic rings. The second-order valence-corrected chi connectivity index (χ2v) is 4.97. The first-order valence-electron chi connectivity index (χ1n) is 6.00. The monoisotopic (exact) mass is 196 g/mol. The van der Waals surface area contributed by atoms with Crippen molar-refractivity contribution in [2.75, 3.05) is 0 Å². The van der Waals surface area contributed by atoms with Crippen molar-refractivity contribution >= 4 is 0 Å². The summed E-state index contributed by atoms with van der Waals surface area (Å²) in [7, 11) is 0. The molecule has 0 amide bonds. The maximum Gasteiger partial charge on any atom is 0.0981 e. The van der Waals surface area contributed by atoms with E-state index in [9.17, 15) is 0 Å². The summed E-state index contributed by atoms with van der Waals surface area (Å²) < 4.78 is 5.47. The Labute approximate surface area is 88.5 Å². The van der Waals surface area contributed by atoms with Crippen LogP contribution in [0.25, 0.3) is 0 Å². The zero-order chi connectivity index (χ0) is 10.4. The van der Waals surface area contributed by atoms with E-state index < -0.39 is 0 Å². The molecule has 1 aliphatic rings. The average molecular weight is 196 g/mol. The summed E-state index contributed by atoms with van der Waals surface area (Å²) in [5.41, 5.74) is 0. The van der Waals surface area contributed by atoms with Crippen LogP contribution in [-0.2, 0) is 4.74 Å². The Morgan fingerprint density at radius 2 is 1.93 bits per heavy atom. The van der Waals surface area contributed by atoms with Gasteiger partial charge in [-0.3, -0.25) is 0 Å². The molecule has 14 heavy (non-hydrogen) atoms. The highest BCUT2D eigenvalue weighted by molar-refractivity contribution is 4.84. The van der Waals surface area contributed by atoms with Gasteiger partial charge in [0.05, 0.1) is 12.4 Å². The van der Waals surface area contributed by atoms with Crippen LogP contribution >= 0.6 is 0 Å². The van der Waals surface area contributed by atoms with Crippen LogP contribution in [0.3, 0.4) is 0 Å². The van der Waals surface area contributed by atoms with Crippen molar-refractivity contribution in [2.45, 2.75) is 59.0 Å². The molecule has 0 N–H and O–H groups in total. The van der Waals surface area contributed by atoms with E-state index >= 15 is 0 Å². The van der Waals surface area contributed by atoms with Gasteiger partial charge in [0.15, 0.2) is 0 Å². The lowest BCUT2D eigenvalue weighted by molar-refractivity contribution is 0.231. The molecule has 0 heterocycles. The van der Waals surface area contributed by atoms with Crippen LogP contribution in [0.2, 0.25) is 0 Å². The maximum atomic E-state index is 5.47. The fourth-order valence-electron chi connectivity index (χ4n) is 1.44. The predicted molar refractivity (Wildman–Crippen MR) is 61.1 cm³/mol. The van der Waals surface area contributed by atoms with Gasteiger partial charge in [-0.05, 0) is 37.2 Å². The molecule has 82 valence electrons. The first kappa shape index (κ1) is 11.6. The zero-order valence-electron chi connectivity index (χ0n) is 9.83. The Hall–Kier alpha value is -0.460. The van der Waals surface area contributed by atoms with E-state index in [4.69, 9.17) is 4.74 Å². The van der Waals surface area contributed by atoms with E-state index in [1.165, 1.54) is 32.1 Å². The van der Waals surface area contributed by atoms with Crippen molar-refractivity contribution in [3.8, 4) is 0 Å². The van der Waals surface area contributed by atoms with Crippen LogP contribution in [0.1, 0.15) is 52.9 Å². The maximum absolute atomic E-state index is 5.47. The van der Waals surface area contributed by atoms with Gasteiger partial charge in [-0.15, -0.1) is 0 Å². The number of hydrogen-bond donors (Lipinski definition) is 0. The molecule has 0 saturated heterocycles. The first-order chi connectivity index (χ1) is 6.68. The molecule has 0 aromatic heterocycles. The third-order valence-electron chi connectivity index (χ3n) is 2.64. The van der Waals surface area contributed by atoms with Gasteiger partial charge in [-0.2, -0.15) is 0 Å². The molecule has 0 aromatic carbocycles. The minimum atomic E-state index is 0.550. The van der Waals surface area contributed by atoms with E-state index in [2.05, 4.69) is 26.8 Å². The Bertz CT molecular complexity index is 168. The van der Waals surface area contributed by atoms with E-state index in [-0.39, 0.29) is 0 Å². The van der Waals surface area contributed by atoms with E-state index in [0.717, 1.165) is 5.92 Å². The van der Waals surface area contributed by atoms with E-state index in [1.807, 2.05) is 6.26 Å². The lowest BCUT2D eigenvalue weighted by Gasteiger charge is -2.07. The van der Waals surface area contributed by atoms with Crippen LogP contribution in [0.15, 0.2) is 12.3 Å². The molecule has 1 aliphatic carbocycles. The van der Waals surface area contributed by atoms with Crippen molar-refractivity contribution in [3.63, 3.8) is 0 Å². The molecule has 0 radical (unpaired) electrons. The minimum Gasteiger partial charge on any atom is -0.498 e. The average Bonchev–Trinajstić information content (AvgIpc) is 2.87. The van der Waals surface area contributed by atoms with Gasteiger partial charge in [-0.25, -0.2) is 0 Å². The molecular formula is C13H24O. The third kappa shape index (κ3) is 6.06. The summed E-state index contributed by atoms with van der Waals surface area (Å²) in [5.74, 6) is 1.52. The molecule has 1 unspecified atom stereocenters. The van der Waals surface area contributed by atoms with Gasteiger partial charge in [0.1, 0.15) is 0 Å². The summed E-state index contributed by atoms with van der Waals surface area (Å²) in [5, 5.41) is 0. The number of rotatable bonds is 7. The van der Waals surface area contributed by atoms with E-state index in [1.54, 1.807) is 0 Å². The molecule has 1 heteroatoms. The highest BCUT2D eigenvalue weighted by Crippen LogP contribution is 2.24. The number of ether oxygens (including phenoxy) is 1. The quantitative estimate of drug-likeness (QED) is 0.556. The summed E-state index contributed by atoms with van der Waals surface area (Å²) in [6.07, 6.45) is 11.2. The smallest absolute Gasteiger partial charge is 0.0981 e. The predicted octanol–water partition coefficient (Wildman–Crippen LogP) is 4.14. The van der Waals surface area contributed by atoms with Crippen LogP contribution in [0.5, 0.6) is 0 Å². The second kappa shape index (κ2) is 6.10. The highest BCUT2D eigenvalue weighted by Gasteiger charge is 2.21. The summed E-state index contributed by atoms with van der Waals surface area (Å²) in [6.45, 7) is 6.85. The van der Waals surface area contributed by atoms with Gasteiger partial charge in [0.2, 0.25) is 0 Å². The SMILES string of the molecule is CC(C)CCCC(C)/C=C/OC1CC1. The molecule has 1 saturated carbocycles. The first-order valence-corrected chi connectivity index (χ1v) is 6.00. The van der Waals surface area contributed by atoms with Crippen molar-refractivity contribution in [3.05, 3.63) is 12.3 Å². The van der Waals surface area contributed by atoms with Crippen LogP contribution in [0, 0.1) is 11.8 Å². The van der Waals surface area contributed by atoms with Crippen LogP contribution < -0.4 is 0 Å². The summed E-state index contributed by atoms with van der Waals surface area (Å²) >= 11 is 0. The topological polar surface area (TPSA) is 9.23 Å². The largest absolute Gasteiger partial charge is 0.498 e. The fourth-order valence-corrected chi connectivity index (χ4v) is 1.44. The van der Waals surface area contributed by atoms with Crippen molar-refractivity contribution in [1.29, 1.82) is 0 Å². The van der Waals surface area contributed by atoms with Crippen LogP contribution in [0.4, 0.5) is 0 Å². The Kier molecular flexibility index (Phi) is 5.06. The molecule has 1 rings (SSSR count). The zero-order valence-corrected chi connectivity index (χ0v) is 9.83. The van der Waals surface area contributed by atoms with Gasteiger partial charge < -0.3 is 4.74 Å². The number of allylic oxidation sites excluding steroid dienone is 1. The minimum absolute atomic E-state index is 0.550. The lowest BCUT2D eigenvalue weighted by atomic mass is 10.00. The van der Waals surface area contributed by atoms with E-state index in [0.29, 0.717) is 12.0 Å². The standard InChI is InChI=1S/C13H24O/c1-11(2)5-4-6-12(3)9-10-14-13-7-8-13/h9-13H,4-8H2,1-3H3/b10-9+. The fraction of sp³-hybridized carbons (Fsp3) is 0.846.